The number of carbonyl (C=O) groups excluding carboxylic acids is 2. The quantitative estimate of drug-likeness (QED) is 0.912. The van der Waals surface area contributed by atoms with Gasteiger partial charge in [0.25, 0.3) is 5.91 Å². The predicted octanol–water partition coefficient (Wildman–Crippen LogP) is 3.05. The summed E-state index contributed by atoms with van der Waals surface area (Å²) in [5.74, 6) is -0.663. The van der Waals surface area contributed by atoms with E-state index in [0.29, 0.717) is 17.0 Å². The maximum Gasteiger partial charge on any atom is 0.255 e. The molecule has 2 rings (SSSR count). The molecule has 0 heterocycles. The maximum atomic E-state index is 13.5. The molecular formula is C16H15FN2O3. The molecule has 5 nitrogen and oxygen atoms in total. The van der Waals surface area contributed by atoms with Crippen LogP contribution in [0.3, 0.4) is 0 Å². The van der Waals surface area contributed by atoms with Crippen molar-refractivity contribution in [1.82, 2.24) is 0 Å². The molecule has 0 aliphatic carbocycles. The lowest BCUT2D eigenvalue weighted by atomic mass is 10.2. The Bertz CT molecular complexity index is 699. The number of halogens is 1. The van der Waals surface area contributed by atoms with Gasteiger partial charge in [-0.05, 0) is 42.5 Å². The highest BCUT2D eigenvalue weighted by Gasteiger charge is 2.09. The SMILES string of the molecule is COc1ccc(C(=O)Nc2ccc(F)c(NC(C)=O)c2)cc1. The highest BCUT2D eigenvalue weighted by molar-refractivity contribution is 6.04. The second kappa shape index (κ2) is 6.71. The second-order valence-corrected chi connectivity index (χ2v) is 4.56. The molecule has 0 atom stereocenters. The molecule has 22 heavy (non-hydrogen) atoms. The van der Waals surface area contributed by atoms with Crippen LogP contribution in [0.5, 0.6) is 5.75 Å². The zero-order chi connectivity index (χ0) is 16.1. The van der Waals surface area contributed by atoms with Gasteiger partial charge in [-0.1, -0.05) is 0 Å². The molecule has 0 spiro atoms. The molecule has 0 aromatic heterocycles. The number of methoxy groups -OCH3 is 1. The number of anilines is 2. The van der Waals surface area contributed by atoms with Crippen molar-refractivity contribution in [1.29, 1.82) is 0 Å². The van der Waals surface area contributed by atoms with Gasteiger partial charge in [0.2, 0.25) is 5.91 Å². The van der Waals surface area contributed by atoms with Crippen LogP contribution in [0.1, 0.15) is 17.3 Å². The Hall–Kier alpha value is -2.89. The number of hydrogen-bond donors (Lipinski definition) is 2. The Morgan fingerprint density at radius 1 is 1.05 bits per heavy atom. The zero-order valence-corrected chi connectivity index (χ0v) is 12.1. The average molecular weight is 302 g/mol. The Morgan fingerprint density at radius 3 is 2.32 bits per heavy atom. The maximum absolute atomic E-state index is 13.5. The number of rotatable bonds is 4. The fourth-order valence-corrected chi connectivity index (χ4v) is 1.83. The summed E-state index contributed by atoms with van der Waals surface area (Å²) >= 11 is 0. The van der Waals surface area contributed by atoms with Crippen LogP contribution in [-0.2, 0) is 4.79 Å². The van der Waals surface area contributed by atoms with Crippen molar-refractivity contribution in [2.45, 2.75) is 6.92 Å². The molecule has 0 aliphatic heterocycles. The van der Waals surface area contributed by atoms with Crippen LogP contribution in [0, 0.1) is 5.82 Å². The van der Waals surface area contributed by atoms with Crippen molar-refractivity contribution < 1.29 is 18.7 Å². The molecule has 0 saturated heterocycles. The van der Waals surface area contributed by atoms with E-state index in [4.69, 9.17) is 4.74 Å². The minimum atomic E-state index is -0.572. The first-order valence-electron chi connectivity index (χ1n) is 6.52. The Balaban J connectivity index is 2.15. The van der Waals surface area contributed by atoms with Gasteiger partial charge in [0.15, 0.2) is 0 Å². The molecule has 0 saturated carbocycles. The van der Waals surface area contributed by atoms with E-state index in [-0.39, 0.29) is 11.6 Å². The third-order valence-corrected chi connectivity index (χ3v) is 2.89. The fraction of sp³-hybridized carbons (Fsp3) is 0.125. The lowest BCUT2D eigenvalue weighted by Crippen LogP contribution is -2.13. The summed E-state index contributed by atoms with van der Waals surface area (Å²) in [5, 5.41) is 5.00. The highest BCUT2D eigenvalue weighted by Crippen LogP contribution is 2.20. The van der Waals surface area contributed by atoms with E-state index >= 15 is 0 Å². The van der Waals surface area contributed by atoms with Crippen molar-refractivity contribution in [3.8, 4) is 5.75 Å². The number of benzene rings is 2. The minimum absolute atomic E-state index is 0.0139. The number of amides is 2. The van der Waals surface area contributed by atoms with Gasteiger partial charge in [-0.3, -0.25) is 9.59 Å². The van der Waals surface area contributed by atoms with Crippen LogP contribution in [0.15, 0.2) is 42.5 Å². The van der Waals surface area contributed by atoms with E-state index in [2.05, 4.69) is 10.6 Å². The normalized spacial score (nSPS) is 9.95. The topological polar surface area (TPSA) is 67.4 Å². The summed E-state index contributed by atoms with van der Waals surface area (Å²) in [6.07, 6.45) is 0. The fourth-order valence-electron chi connectivity index (χ4n) is 1.83. The molecule has 2 N–H and O–H groups in total. The molecule has 114 valence electrons. The van der Waals surface area contributed by atoms with E-state index in [1.807, 2.05) is 0 Å². The first-order chi connectivity index (χ1) is 10.5. The average Bonchev–Trinajstić information content (AvgIpc) is 2.50. The van der Waals surface area contributed by atoms with E-state index in [0.717, 1.165) is 0 Å². The molecule has 2 aromatic carbocycles. The summed E-state index contributed by atoms with van der Waals surface area (Å²) in [4.78, 5) is 23.1. The second-order valence-electron chi connectivity index (χ2n) is 4.56. The predicted molar refractivity (Wildman–Crippen MR) is 81.7 cm³/mol. The highest BCUT2D eigenvalue weighted by atomic mass is 19.1. The molecule has 0 fully saturated rings. The van der Waals surface area contributed by atoms with Gasteiger partial charge in [-0.2, -0.15) is 0 Å². The summed E-state index contributed by atoms with van der Waals surface area (Å²) in [7, 11) is 1.54. The third-order valence-electron chi connectivity index (χ3n) is 2.89. The minimum Gasteiger partial charge on any atom is -0.497 e. The van der Waals surface area contributed by atoms with Crippen molar-refractivity contribution in [3.05, 3.63) is 53.8 Å². The molecule has 0 unspecified atom stereocenters. The van der Waals surface area contributed by atoms with E-state index in [1.165, 1.54) is 32.2 Å². The lowest BCUT2D eigenvalue weighted by molar-refractivity contribution is -0.114. The lowest BCUT2D eigenvalue weighted by Gasteiger charge is -2.09. The van der Waals surface area contributed by atoms with Crippen molar-refractivity contribution in [2.24, 2.45) is 0 Å². The Kier molecular flexibility index (Phi) is 4.73. The van der Waals surface area contributed by atoms with E-state index in [1.54, 1.807) is 24.3 Å². The van der Waals surface area contributed by atoms with E-state index < -0.39 is 11.7 Å². The Morgan fingerprint density at radius 2 is 1.73 bits per heavy atom. The summed E-state index contributed by atoms with van der Waals surface area (Å²) < 4.78 is 18.6. The molecular weight excluding hydrogens is 287 g/mol. The van der Waals surface area contributed by atoms with Gasteiger partial charge in [-0.15, -0.1) is 0 Å². The summed E-state index contributed by atoms with van der Waals surface area (Å²) in [6, 6.07) is 10.5. The smallest absolute Gasteiger partial charge is 0.255 e. The molecule has 2 amide bonds. The van der Waals surface area contributed by atoms with Gasteiger partial charge in [-0.25, -0.2) is 4.39 Å². The molecule has 0 radical (unpaired) electrons. The number of carbonyl (C=O) groups is 2. The van der Waals surface area contributed by atoms with E-state index in [9.17, 15) is 14.0 Å². The Labute approximate surface area is 127 Å². The number of ether oxygens (including phenoxy) is 1. The molecule has 0 aliphatic rings. The molecule has 2 aromatic rings. The van der Waals surface area contributed by atoms with Crippen LogP contribution >= 0.6 is 0 Å². The van der Waals surface area contributed by atoms with Gasteiger partial charge in [0.05, 0.1) is 12.8 Å². The van der Waals surface area contributed by atoms with Crippen LogP contribution in [-0.4, -0.2) is 18.9 Å². The van der Waals surface area contributed by atoms with Crippen LogP contribution in [0.4, 0.5) is 15.8 Å². The van der Waals surface area contributed by atoms with Crippen LogP contribution < -0.4 is 15.4 Å². The molecule has 6 heteroatoms. The zero-order valence-electron chi connectivity index (χ0n) is 12.1. The van der Waals surface area contributed by atoms with Gasteiger partial charge in [0, 0.05) is 18.2 Å². The molecule has 0 bridgehead atoms. The van der Waals surface area contributed by atoms with Gasteiger partial charge < -0.3 is 15.4 Å². The third kappa shape index (κ3) is 3.82. The van der Waals surface area contributed by atoms with Crippen molar-refractivity contribution in [2.75, 3.05) is 17.7 Å². The first-order valence-corrected chi connectivity index (χ1v) is 6.52. The van der Waals surface area contributed by atoms with Crippen LogP contribution in [0.25, 0.3) is 0 Å². The summed E-state index contributed by atoms with van der Waals surface area (Å²) in [5.41, 5.74) is 0.831. The number of hydrogen-bond acceptors (Lipinski definition) is 3. The summed E-state index contributed by atoms with van der Waals surface area (Å²) in [6.45, 7) is 1.28. The monoisotopic (exact) mass is 302 g/mol. The van der Waals surface area contributed by atoms with Crippen molar-refractivity contribution in [3.63, 3.8) is 0 Å². The number of nitrogens with one attached hydrogen (secondary N) is 2. The van der Waals surface area contributed by atoms with Crippen LogP contribution in [0.2, 0.25) is 0 Å². The standard InChI is InChI=1S/C16H15FN2O3/c1-10(20)18-15-9-12(5-8-14(15)17)19-16(21)11-3-6-13(22-2)7-4-11/h3-9H,1-2H3,(H,18,20)(H,19,21). The largest absolute Gasteiger partial charge is 0.497 e. The first kappa shape index (κ1) is 15.5. The van der Waals surface area contributed by atoms with Gasteiger partial charge >= 0.3 is 0 Å². The van der Waals surface area contributed by atoms with Gasteiger partial charge in [0.1, 0.15) is 11.6 Å². The van der Waals surface area contributed by atoms with Crippen molar-refractivity contribution >= 4 is 23.2 Å².